The summed E-state index contributed by atoms with van der Waals surface area (Å²) < 4.78 is 28.4. The van der Waals surface area contributed by atoms with Crippen LogP contribution in [0.1, 0.15) is 53.9 Å². The molecule has 0 aliphatic rings. The number of benzene rings is 3. The number of nitrogens with zero attached hydrogens (tertiary/aromatic N) is 1. The van der Waals surface area contributed by atoms with E-state index in [2.05, 4.69) is 10.6 Å². The Hall–Kier alpha value is -4.04. The van der Waals surface area contributed by atoms with E-state index < -0.39 is 17.4 Å². The number of carbonyl (C=O) groups excluding carboxylic acids is 1. The van der Waals surface area contributed by atoms with E-state index in [0.29, 0.717) is 28.7 Å². The van der Waals surface area contributed by atoms with Gasteiger partial charge in [0.1, 0.15) is 17.2 Å². The minimum atomic E-state index is -0.563. The highest BCUT2D eigenvalue weighted by atomic mass is 19.1. The van der Waals surface area contributed by atoms with Gasteiger partial charge in [-0.2, -0.15) is 0 Å². The van der Waals surface area contributed by atoms with Gasteiger partial charge in [-0.25, -0.2) is 8.78 Å². The van der Waals surface area contributed by atoms with Crippen LogP contribution in [0.5, 0.6) is 0 Å². The van der Waals surface area contributed by atoms with Gasteiger partial charge in [-0.05, 0) is 65.4 Å². The predicted octanol–water partition coefficient (Wildman–Crippen LogP) is 5.71. The Bertz CT molecular complexity index is 1540. The second-order valence-corrected chi connectivity index (χ2v) is 10.8. The molecule has 0 unspecified atom stereocenters. The molecule has 1 atom stereocenters. The first-order chi connectivity index (χ1) is 18.5. The average Bonchev–Trinajstić information content (AvgIpc) is 2.89. The number of hydrogen-bond acceptors (Lipinski definition) is 4. The van der Waals surface area contributed by atoms with Crippen LogP contribution < -0.4 is 16.1 Å². The van der Waals surface area contributed by atoms with Crippen LogP contribution in [0.15, 0.2) is 71.7 Å². The van der Waals surface area contributed by atoms with Crippen molar-refractivity contribution in [3.8, 4) is 0 Å². The second-order valence-electron chi connectivity index (χ2n) is 10.8. The maximum Gasteiger partial charge on any atom is 0.257 e. The quantitative estimate of drug-likeness (QED) is 0.271. The van der Waals surface area contributed by atoms with E-state index in [9.17, 15) is 23.5 Å². The second kappa shape index (κ2) is 11.4. The molecule has 4 aromatic rings. The molecular formula is C31H33F2N3O3. The maximum absolute atomic E-state index is 13.7. The predicted molar refractivity (Wildman–Crippen MR) is 150 cm³/mol. The molecule has 39 heavy (non-hydrogen) atoms. The van der Waals surface area contributed by atoms with E-state index >= 15 is 0 Å². The first-order valence-electron chi connectivity index (χ1n) is 12.8. The largest absolute Gasteiger partial charge is 0.394 e. The summed E-state index contributed by atoms with van der Waals surface area (Å²) in [5.74, 6) is -1.26. The van der Waals surface area contributed by atoms with Gasteiger partial charge < -0.3 is 20.3 Å². The Labute approximate surface area is 226 Å². The third-order valence-electron chi connectivity index (χ3n) is 6.89. The van der Waals surface area contributed by atoms with Crippen LogP contribution >= 0.6 is 0 Å². The van der Waals surface area contributed by atoms with Gasteiger partial charge in [-0.1, -0.05) is 45.0 Å². The monoisotopic (exact) mass is 533 g/mol. The van der Waals surface area contributed by atoms with Gasteiger partial charge >= 0.3 is 0 Å². The standard InChI is InChI=1S/C31H33F2N3O3/c1-19-13-27-24(14-26(19)34-15-20-5-9-22(32)10-6-20)29(38)25(17-36(27)28(18-37)31(2,3)4)30(39)35-16-21-7-11-23(33)12-8-21/h5-14,17,28,34,37H,15-16,18H2,1-4H3,(H,35,39)/t28-/m1/s1. The normalized spacial score (nSPS) is 12.4. The Morgan fingerprint density at radius 3 is 2.05 bits per heavy atom. The van der Waals surface area contributed by atoms with Gasteiger partial charge in [0.15, 0.2) is 0 Å². The number of pyridine rings is 1. The van der Waals surface area contributed by atoms with Crippen LogP contribution in [0.4, 0.5) is 14.5 Å². The summed E-state index contributed by atoms with van der Waals surface area (Å²) in [7, 11) is 0. The third kappa shape index (κ3) is 6.34. The third-order valence-corrected chi connectivity index (χ3v) is 6.89. The Balaban J connectivity index is 1.77. The van der Waals surface area contributed by atoms with Gasteiger partial charge in [-0.3, -0.25) is 9.59 Å². The highest BCUT2D eigenvalue weighted by molar-refractivity contribution is 5.98. The molecule has 1 amide bonds. The number of aryl methyl sites for hydroxylation is 1. The molecule has 0 aliphatic carbocycles. The highest BCUT2D eigenvalue weighted by Crippen LogP contribution is 2.34. The van der Waals surface area contributed by atoms with E-state index in [0.717, 1.165) is 11.1 Å². The van der Waals surface area contributed by atoms with Crippen molar-refractivity contribution in [1.29, 1.82) is 0 Å². The maximum atomic E-state index is 13.7. The molecule has 1 aromatic heterocycles. The first-order valence-corrected chi connectivity index (χ1v) is 12.8. The Morgan fingerprint density at radius 2 is 1.51 bits per heavy atom. The number of aromatic nitrogens is 1. The van der Waals surface area contributed by atoms with Gasteiger partial charge in [0.25, 0.3) is 5.91 Å². The topological polar surface area (TPSA) is 83.4 Å². The number of carbonyl (C=O) groups is 1. The molecule has 3 N–H and O–H groups in total. The van der Waals surface area contributed by atoms with Gasteiger partial charge in [-0.15, -0.1) is 0 Å². The van der Waals surface area contributed by atoms with E-state index in [4.69, 9.17) is 0 Å². The molecule has 0 aliphatic heterocycles. The number of nitrogens with one attached hydrogen (secondary N) is 2. The molecule has 0 saturated heterocycles. The summed E-state index contributed by atoms with van der Waals surface area (Å²) in [6.45, 7) is 8.21. The SMILES string of the molecule is Cc1cc2c(cc1NCc1ccc(F)cc1)c(=O)c(C(=O)NCc1ccc(F)cc1)cn2[C@H](CO)C(C)(C)C. The molecule has 6 nitrogen and oxygen atoms in total. The van der Waals surface area contributed by atoms with Crippen molar-refractivity contribution in [3.05, 3.63) is 111 Å². The number of amides is 1. The van der Waals surface area contributed by atoms with Crippen molar-refractivity contribution in [3.63, 3.8) is 0 Å². The number of fused-ring (bicyclic) bond motifs is 1. The Morgan fingerprint density at radius 1 is 0.949 bits per heavy atom. The molecule has 8 heteroatoms. The van der Waals surface area contributed by atoms with Crippen molar-refractivity contribution in [2.45, 2.75) is 46.8 Å². The number of aliphatic hydroxyl groups excluding tert-OH is 1. The van der Waals surface area contributed by atoms with Crippen LogP contribution in [0.3, 0.4) is 0 Å². The number of aliphatic hydroxyl groups is 1. The van der Waals surface area contributed by atoms with Gasteiger partial charge in [0.2, 0.25) is 5.43 Å². The van der Waals surface area contributed by atoms with Crippen molar-refractivity contribution in [1.82, 2.24) is 9.88 Å². The minimum Gasteiger partial charge on any atom is -0.394 e. The first kappa shape index (κ1) is 28.0. The van der Waals surface area contributed by atoms with Crippen LogP contribution in [-0.2, 0) is 13.1 Å². The lowest BCUT2D eigenvalue weighted by molar-refractivity contribution is 0.0946. The lowest BCUT2D eigenvalue weighted by Gasteiger charge is -2.33. The van der Waals surface area contributed by atoms with E-state index in [-0.39, 0.29) is 35.8 Å². The van der Waals surface area contributed by atoms with Crippen molar-refractivity contribution >= 4 is 22.5 Å². The molecule has 0 saturated carbocycles. The zero-order valence-electron chi connectivity index (χ0n) is 22.5. The lowest BCUT2D eigenvalue weighted by atomic mass is 9.86. The zero-order chi connectivity index (χ0) is 28.3. The van der Waals surface area contributed by atoms with Crippen LogP contribution in [0.25, 0.3) is 10.9 Å². The summed E-state index contributed by atoms with van der Waals surface area (Å²) in [5.41, 5.74) is 2.87. The number of anilines is 1. The number of rotatable bonds is 8. The summed E-state index contributed by atoms with van der Waals surface area (Å²) in [6, 6.07) is 15.1. The van der Waals surface area contributed by atoms with Crippen LogP contribution in [0.2, 0.25) is 0 Å². The highest BCUT2D eigenvalue weighted by Gasteiger charge is 2.28. The molecule has 0 spiro atoms. The summed E-state index contributed by atoms with van der Waals surface area (Å²) in [5, 5.41) is 16.7. The zero-order valence-corrected chi connectivity index (χ0v) is 22.5. The smallest absolute Gasteiger partial charge is 0.257 e. The van der Waals surface area contributed by atoms with Crippen LogP contribution in [-0.4, -0.2) is 22.2 Å². The average molecular weight is 534 g/mol. The fourth-order valence-electron chi connectivity index (χ4n) is 4.57. The van der Waals surface area contributed by atoms with E-state index in [1.807, 2.05) is 33.8 Å². The number of halogens is 2. The number of hydrogen-bond donors (Lipinski definition) is 3. The molecule has 4 rings (SSSR count). The lowest BCUT2D eigenvalue weighted by Crippen LogP contribution is -2.33. The summed E-state index contributed by atoms with van der Waals surface area (Å²) >= 11 is 0. The van der Waals surface area contributed by atoms with Gasteiger partial charge in [0.05, 0.1) is 18.2 Å². The minimum absolute atomic E-state index is 0.0550. The van der Waals surface area contributed by atoms with Crippen molar-refractivity contribution in [2.24, 2.45) is 5.41 Å². The fraction of sp³-hybridized carbons (Fsp3) is 0.290. The van der Waals surface area contributed by atoms with Crippen molar-refractivity contribution < 1.29 is 18.7 Å². The molecular weight excluding hydrogens is 500 g/mol. The molecule has 204 valence electrons. The van der Waals surface area contributed by atoms with E-state index in [1.54, 1.807) is 34.9 Å². The Kier molecular flexibility index (Phi) is 8.16. The molecule has 0 fully saturated rings. The molecule has 0 bridgehead atoms. The van der Waals surface area contributed by atoms with Crippen LogP contribution in [0, 0.1) is 24.0 Å². The molecule has 0 radical (unpaired) electrons. The van der Waals surface area contributed by atoms with Gasteiger partial charge in [0, 0.05) is 30.4 Å². The fourth-order valence-corrected chi connectivity index (χ4v) is 4.57. The van der Waals surface area contributed by atoms with Crippen molar-refractivity contribution in [2.75, 3.05) is 11.9 Å². The molecule has 3 aromatic carbocycles. The summed E-state index contributed by atoms with van der Waals surface area (Å²) in [6.07, 6.45) is 1.52. The summed E-state index contributed by atoms with van der Waals surface area (Å²) in [4.78, 5) is 26.9. The van der Waals surface area contributed by atoms with E-state index in [1.165, 1.54) is 30.5 Å². The molecule has 1 heterocycles.